The van der Waals surface area contributed by atoms with Gasteiger partial charge >= 0.3 is 0 Å². The number of sulfonamides is 1. The molecule has 0 saturated heterocycles. The molecule has 0 unspecified atom stereocenters. The van der Waals surface area contributed by atoms with E-state index in [1.807, 2.05) is 4.72 Å². The minimum Gasteiger partial charge on any atom is -0.368 e. The van der Waals surface area contributed by atoms with Gasteiger partial charge in [0.05, 0.1) is 4.47 Å². The first kappa shape index (κ1) is 18.0. The summed E-state index contributed by atoms with van der Waals surface area (Å²) >= 11 is 2.78. The van der Waals surface area contributed by atoms with Crippen LogP contribution in [0.25, 0.3) is 0 Å². The van der Waals surface area contributed by atoms with Gasteiger partial charge in [0.25, 0.3) is 0 Å². The predicted octanol–water partition coefficient (Wildman–Crippen LogP) is 1.91. The Hall–Kier alpha value is -1.06. The van der Waals surface area contributed by atoms with Crippen LogP contribution in [0.1, 0.15) is 20.3 Å². The molecule has 0 radical (unpaired) electrons. The Bertz CT molecular complexity index is 650. The highest BCUT2D eigenvalue weighted by molar-refractivity contribution is 9.10. The van der Waals surface area contributed by atoms with Crippen LogP contribution in [0.15, 0.2) is 21.5 Å². The van der Waals surface area contributed by atoms with Crippen molar-refractivity contribution in [2.75, 3.05) is 0 Å². The van der Waals surface area contributed by atoms with Gasteiger partial charge in [-0.1, -0.05) is 13.8 Å². The number of hydrogen-bond donors (Lipinski definition) is 2. The summed E-state index contributed by atoms with van der Waals surface area (Å²) in [5.41, 5.74) is 5.13. The molecule has 1 aromatic carbocycles. The molecule has 118 valence electrons. The third kappa shape index (κ3) is 4.72. The summed E-state index contributed by atoms with van der Waals surface area (Å²) in [6.45, 7) is 3.55. The topological polar surface area (TPSA) is 89.3 Å². The van der Waals surface area contributed by atoms with E-state index >= 15 is 0 Å². The largest absolute Gasteiger partial charge is 0.368 e. The van der Waals surface area contributed by atoms with Crippen molar-refractivity contribution in [1.29, 1.82) is 0 Å². The Labute approximate surface area is 130 Å². The van der Waals surface area contributed by atoms with Crippen LogP contribution in [-0.2, 0) is 14.8 Å². The van der Waals surface area contributed by atoms with Crippen molar-refractivity contribution in [2.24, 2.45) is 11.7 Å². The molecule has 1 rings (SSSR count). The summed E-state index contributed by atoms with van der Waals surface area (Å²) < 4.78 is 52.8. The van der Waals surface area contributed by atoms with Crippen LogP contribution in [0.3, 0.4) is 0 Å². The lowest BCUT2D eigenvalue weighted by Gasteiger charge is -2.18. The van der Waals surface area contributed by atoms with E-state index in [1.54, 1.807) is 13.8 Å². The second kappa shape index (κ2) is 6.80. The van der Waals surface area contributed by atoms with E-state index in [2.05, 4.69) is 15.9 Å². The molecular weight excluding hydrogens is 370 g/mol. The van der Waals surface area contributed by atoms with Crippen LogP contribution < -0.4 is 10.5 Å². The molecule has 3 N–H and O–H groups in total. The first-order valence-electron chi connectivity index (χ1n) is 6.00. The second-order valence-corrected chi connectivity index (χ2v) is 7.44. The van der Waals surface area contributed by atoms with E-state index in [9.17, 15) is 22.0 Å². The first-order valence-corrected chi connectivity index (χ1v) is 8.28. The zero-order valence-electron chi connectivity index (χ0n) is 11.4. The molecule has 1 atom stereocenters. The van der Waals surface area contributed by atoms with Gasteiger partial charge < -0.3 is 5.73 Å². The molecule has 0 saturated carbocycles. The van der Waals surface area contributed by atoms with Gasteiger partial charge in [-0.25, -0.2) is 17.2 Å². The van der Waals surface area contributed by atoms with Gasteiger partial charge in [-0.2, -0.15) is 4.72 Å². The maximum Gasteiger partial charge on any atom is 0.244 e. The molecule has 0 aliphatic carbocycles. The highest BCUT2D eigenvalue weighted by atomic mass is 79.9. The van der Waals surface area contributed by atoms with Crippen LogP contribution >= 0.6 is 15.9 Å². The van der Waals surface area contributed by atoms with Crippen molar-refractivity contribution >= 4 is 31.9 Å². The Morgan fingerprint density at radius 1 is 1.33 bits per heavy atom. The van der Waals surface area contributed by atoms with E-state index in [4.69, 9.17) is 5.73 Å². The van der Waals surface area contributed by atoms with E-state index in [-0.39, 0.29) is 16.8 Å². The number of benzene rings is 1. The minimum atomic E-state index is -4.34. The van der Waals surface area contributed by atoms with Crippen molar-refractivity contribution < 1.29 is 22.0 Å². The summed E-state index contributed by atoms with van der Waals surface area (Å²) in [7, 11) is -4.34. The highest BCUT2D eigenvalue weighted by Gasteiger charge is 2.27. The highest BCUT2D eigenvalue weighted by Crippen LogP contribution is 2.23. The summed E-state index contributed by atoms with van der Waals surface area (Å²) in [6.07, 6.45) is 0.165. The summed E-state index contributed by atoms with van der Waals surface area (Å²) in [6, 6.07) is 0.0686. The smallest absolute Gasteiger partial charge is 0.244 e. The normalized spacial score (nSPS) is 13.4. The van der Waals surface area contributed by atoms with Crippen molar-refractivity contribution in [3.8, 4) is 0 Å². The van der Waals surface area contributed by atoms with Crippen LogP contribution in [0, 0.1) is 17.6 Å². The van der Waals surface area contributed by atoms with Crippen LogP contribution in [0.2, 0.25) is 0 Å². The van der Waals surface area contributed by atoms with Crippen LogP contribution in [0.4, 0.5) is 8.78 Å². The van der Waals surface area contributed by atoms with Gasteiger partial charge in [-0.3, -0.25) is 4.79 Å². The fourth-order valence-corrected chi connectivity index (χ4v) is 3.45. The first-order chi connectivity index (χ1) is 9.54. The zero-order chi connectivity index (χ0) is 16.4. The molecule has 0 heterocycles. The van der Waals surface area contributed by atoms with Gasteiger partial charge in [-0.05, 0) is 34.3 Å². The number of carbonyl (C=O) groups excluding carboxylic acids is 1. The lowest BCUT2D eigenvalue weighted by Crippen LogP contribution is -2.45. The lowest BCUT2D eigenvalue weighted by molar-refractivity contribution is -0.119. The number of halogens is 3. The van der Waals surface area contributed by atoms with Gasteiger partial charge in [0, 0.05) is 6.07 Å². The molecule has 0 aliphatic heterocycles. The summed E-state index contributed by atoms with van der Waals surface area (Å²) in [5.74, 6) is -3.06. The molecule has 0 fully saturated rings. The second-order valence-electron chi connectivity index (χ2n) is 4.90. The van der Waals surface area contributed by atoms with Crippen molar-refractivity contribution in [3.63, 3.8) is 0 Å². The summed E-state index contributed by atoms with van der Waals surface area (Å²) in [4.78, 5) is 10.5. The fourth-order valence-electron chi connectivity index (χ4n) is 1.65. The maximum absolute atomic E-state index is 13.6. The average molecular weight is 385 g/mol. The van der Waals surface area contributed by atoms with E-state index in [0.29, 0.717) is 6.07 Å². The number of amides is 1. The van der Waals surface area contributed by atoms with E-state index in [0.717, 1.165) is 6.07 Å². The maximum atomic E-state index is 13.6. The molecule has 0 aromatic heterocycles. The monoisotopic (exact) mass is 384 g/mol. The number of rotatable bonds is 6. The number of carbonyl (C=O) groups is 1. The Morgan fingerprint density at radius 2 is 1.90 bits per heavy atom. The molecule has 9 heteroatoms. The third-order valence-corrected chi connectivity index (χ3v) is 4.71. The fraction of sp³-hybridized carbons (Fsp3) is 0.417. The number of nitrogens with two attached hydrogens (primary N) is 1. The van der Waals surface area contributed by atoms with Gasteiger partial charge in [0.15, 0.2) is 0 Å². The van der Waals surface area contributed by atoms with Gasteiger partial charge in [0.2, 0.25) is 15.9 Å². The Kier molecular flexibility index (Phi) is 5.83. The quantitative estimate of drug-likeness (QED) is 0.734. The zero-order valence-corrected chi connectivity index (χ0v) is 13.8. The van der Waals surface area contributed by atoms with Crippen molar-refractivity contribution in [3.05, 3.63) is 28.2 Å². The molecular formula is C12H15BrF2N2O3S. The molecule has 21 heavy (non-hydrogen) atoms. The van der Waals surface area contributed by atoms with E-state index in [1.165, 1.54) is 0 Å². The Morgan fingerprint density at radius 3 is 2.38 bits per heavy atom. The Balaban J connectivity index is 3.16. The number of primary amides is 1. The molecule has 0 spiro atoms. The average Bonchev–Trinajstić information content (AvgIpc) is 2.31. The molecule has 1 aromatic rings. The van der Waals surface area contributed by atoms with Crippen molar-refractivity contribution in [1.82, 2.24) is 4.72 Å². The number of nitrogens with one attached hydrogen (secondary N) is 1. The molecule has 5 nitrogen and oxygen atoms in total. The molecule has 0 bridgehead atoms. The van der Waals surface area contributed by atoms with Crippen LogP contribution in [-0.4, -0.2) is 20.4 Å². The lowest BCUT2D eigenvalue weighted by atomic mass is 10.0. The minimum absolute atomic E-state index is 0.00463. The van der Waals surface area contributed by atoms with Crippen molar-refractivity contribution in [2.45, 2.75) is 31.2 Å². The molecule has 1 amide bonds. The SMILES string of the molecule is CC(C)C[C@@H](NS(=O)(=O)c1cc(Br)c(F)cc1F)C(N)=O. The number of hydrogen-bond acceptors (Lipinski definition) is 3. The molecule has 0 aliphatic rings. The van der Waals surface area contributed by atoms with E-state index < -0.39 is 38.5 Å². The van der Waals surface area contributed by atoms with Gasteiger partial charge in [-0.15, -0.1) is 0 Å². The van der Waals surface area contributed by atoms with Crippen LogP contribution in [0.5, 0.6) is 0 Å². The predicted molar refractivity (Wildman–Crippen MR) is 76.8 cm³/mol. The van der Waals surface area contributed by atoms with Gasteiger partial charge in [0.1, 0.15) is 22.6 Å². The standard InChI is InChI=1S/C12H15BrF2N2O3S/c1-6(2)3-10(12(16)18)17-21(19,20)11-4-7(13)8(14)5-9(11)15/h4-6,10,17H,3H2,1-2H3,(H2,16,18)/t10-/m1/s1. The summed E-state index contributed by atoms with van der Waals surface area (Å²) in [5, 5.41) is 0. The third-order valence-electron chi connectivity index (χ3n) is 2.61.